The number of hydrogen-bond donors (Lipinski definition) is 2. The van der Waals surface area contributed by atoms with Gasteiger partial charge in [-0.1, -0.05) is 0 Å². The highest BCUT2D eigenvalue weighted by Gasteiger charge is 2.45. The molecule has 0 bridgehead atoms. The molecule has 2 aromatic carbocycles. The topological polar surface area (TPSA) is 137 Å². The molecule has 0 radical (unpaired) electrons. The lowest BCUT2D eigenvalue weighted by molar-refractivity contribution is -0.0602. The summed E-state index contributed by atoms with van der Waals surface area (Å²) in [6, 6.07) is 9.55. The Hall–Kier alpha value is -4.00. The smallest absolute Gasteiger partial charge is 0.340 e. The van der Waals surface area contributed by atoms with E-state index in [-0.39, 0.29) is 15.7 Å². The van der Waals surface area contributed by atoms with Crippen LogP contribution in [-0.2, 0) is 9.47 Å². The quantitative estimate of drug-likeness (QED) is 0.494. The van der Waals surface area contributed by atoms with Crippen molar-refractivity contribution in [2.45, 2.75) is 24.5 Å². The molecule has 0 saturated carbocycles. The van der Waals surface area contributed by atoms with Crippen molar-refractivity contribution in [1.29, 1.82) is 0 Å². The molecule has 0 unspecified atom stereocenters. The van der Waals surface area contributed by atoms with Gasteiger partial charge in [-0.25, -0.2) is 18.4 Å². The van der Waals surface area contributed by atoms with Gasteiger partial charge in [-0.3, -0.25) is 14.2 Å². The monoisotopic (exact) mass is 488 g/mol. The second kappa shape index (κ2) is 9.70. The first-order valence-electron chi connectivity index (χ1n) is 10.3. The van der Waals surface area contributed by atoms with Crippen LogP contribution in [0.25, 0.3) is 0 Å². The van der Waals surface area contributed by atoms with Crippen molar-refractivity contribution in [3.05, 3.63) is 104 Å². The fourth-order valence-corrected chi connectivity index (χ4v) is 3.52. The number of aliphatic hydroxyl groups excluding tert-OH is 2. The first-order chi connectivity index (χ1) is 16.7. The molecule has 0 spiro atoms. The van der Waals surface area contributed by atoms with Gasteiger partial charge in [0, 0.05) is 17.8 Å². The molecule has 2 heterocycles. The van der Waals surface area contributed by atoms with Gasteiger partial charge in [-0.05, 0) is 48.5 Å². The maximum absolute atomic E-state index is 13.2. The SMILES string of the molecule is O=C(OC[C@@H]1O[C@H](n2ccc(=O)n(C(=O)c3ccc(F)cc3)c2=O)[C@@H](O)[C@H]1O)c1ccc(F)cc1. The van der Waals surface area contributed by atoms with Crippen LogP contribution in [0.2, 0.25) is 0 Å². The predicted octanol–water partition coefficient (Wildman–Crippen LogP) is 0.453. The van der Waals surface area contributed by atoms with Crippen molar-refractivity contribution in [3.63, 3.8) is 0 Å². The number of nitrogens with zero attached hydrogens (tertiary/aromatic N) is 2. The van der Waals surface area contributed by atoms with E-state index in [1.165, 1.54) is 12.1 Å². The lowest BCUT2D eigenvalue weighted by Gasteiger charge is -2.18. The minimum absolute atomic E-state index is 0.0404. The summed E-state index contributed by atoms with van der Waals surface area (Å²) in [7, 11) is 0. The van der Waals surface area contributed by atoms with Crippen LogP contribution >= 0.6 is 0 Å². The van der Waals surface area contributed by atoms with Gasteiger partial charge in [0.2, 0.25) is 0 Å². The van der Waals surface area contributed by atoms with E-state index in [9.17, 15) is 38.2 Å². The third kappa shape index (κ3) is 4.80. The van der Waals surface area contributed by atoms with Crippen molar-refractivity contribution >= 4 is 11.9 Å². The second-order valence-corrected chi connectivity index (χ2v) is 7.64. The Morgan fingerprint density at radius 1 is 0.886 bits per heavy atom. The number of aliphatic hydroxyl groups is 2. The van der Waals surface area contributed by atoms with Gasteiger partial charge < -0.3 is 19.7 Å². The molecule has 3 aromatic rings. The number of rotatable bonds is 5. The van der Waals surface area contributed by atoms with Crippen LogP contribution in [0.5, 0.6) is 0 Å². The highest BCUT2D eigenvalue weighted by atomic mass is 19.1. The Labute approximate surface area is 195 Å². The van der Waals surface area contributed by atoms with E-state index in [0.717, 1.165) is 53.2 Å². The van der Waals surface area contributed by atoms with E-state index in [0.29, 0.717) is 0 Å². The number of benzene rings is 2. The molecule has 1 fully saturated rings. The molecule has 182 valence electrons. The van der Waals surface area contributed by atoms with Crippen LogP contribution in [0, 0.1) is 11.6 Å². The summed E-state index contributed by atoms with van der Waals surface area (Å²) in [4.78, 5) is 50.0. The Morgan fingerprint density at radius 2 is 1.46 bits per heavy atom. The Morgan fingerprint density at radius 3 is 2.06 bits per heavy atom. The summed E-state index contributed by atoms with van der Waals surface area (Å²) < 4.78 is 37.7. The lowest BCUT2D eigenvalue weighted by Crippen LogP contribution is -2.46. The molecular weight excluding hydrogens is 470 g/mol. The molecule has 35 heavy (non-hydrogen) atoms. The number of halogens is 2. The Balaban J connectivity index is 1.54. The summed E-state index contributed by atoms with van der Waals surface area (Å²) in [5, 5.41) is 20.8. The average Bonchev–Trinajstić information content (AvgIpc) is 3.12. The molecular formula is C23H18F2N2O8. The molecule has 0 amide bonds. The lowest BCUT2D eigenvalue weighted by atomic mass is 10.1. The van der Waals surface area contributed by atoms with Crippen LogP contribution in [0.3, 0.4) is 0 Å². The van der Waals surface area contributed by atoms with Gasteiger partial charge >= 0.3 is 11.7 Å². The van der Waals surface area contributed by atoms with E-state index >= 15 is 0 Å². The summed E-state index contributed by atoms with van der Waals surface area (Å²) in [5.41, 5.74) is -2.24. The fourth-order valence-electron chi connectivity index (χ4n) is 3.52. The van der Waals surface area contributed by atoms with Gasteiger partial charge in [-0.2, -0.15) is 4.57 Å². The number of aromatic nitrogens is 2. The number of carbonyl (C=O) groups excluding carboxylic acids is 2. The van der Waals surface area contributed by atoms with E-state index in [1.807, 2.05) is 0 Å². The molecule has 0 aliphatic carbocycles. The van der Waals surface area contributed by atoms with E-state index in [2.05, 4.69) is 0 Å². The van der Waals surface area contributed by atoms with Crippen LogP contribution in [0.15, 0.2) is 70.4 Å². The van der Waals surface area contributed by atoms with Crippen LogP contribution in [0.1, 0.15) is 26.9 Å². The molecule has 4 atom stereocenters. The molecule has 1 saturated heterocycles. The van der Waals surface area contributed by atoms with E-state index in [4.69, 9.17) is 9.47 Å². The van der Waals surface area contributed by atoms with Gasteiger partial charge in [0.05, 0.1) is 5.56 Å². The maximum atomic E-state index is 13.2. The normalized spacial score (nSPS) is 21.6. The highest BCUT2D eigenvalue weighted by Crippen LogP contribution is 2.28. The number of ether oxygens (including phenoxy) is 2. The van der Waals surface area contributed by atoms with Crippen molar-refractivity contribution in [1.82, 2.24) is 9.13 Å². The number of carbonyl (C=O) groups is 2. The molecule has 2 N–H and O–H groups in total. The molecule has 10 nitrogen and oxygen atoms in total. The van der Waals surface area contributed by atoms with Crippen LogP contribution in [-0.4, -0.2) is 56.1 Å². The first-order valence-corrected chi connectivity index (χ1v) is 10.3. The zero-order chi connectivity index (χ0) is 25.3. The third-order valence-electron chi connectivity index (χ3n) is 5.37. The summed E-state index contributed by atoms with van der Waals surface area (Å²) >= 11 is 0. The fraction of sp³-hybridized carbons (Fsp3) is 0.217. The van der Waals surface area contributed by atoms with Gasteiger partial charge in [0.1, 0.15) is 36.6 Å². The summed E-state index contributed by atoms with van der Waals surface area (Å²) in [6.45, 7) is -0.520. The van der Waals surface area contributed by atoms with Crippen molar-refractivity contribution < 1.29 is 38.1 Å². The molecule has 1 aliphatic rings. The Bertz CT molecular complexity index is 1370. The van der Waals surface area contributed by atoms with Crippen molar-refractivity contribution in [3.8, 4) is 0 Å². The highest BCUT2D eigenvalue weighted by molar-refractivity contribution is 5.95. The van der Waals surface area contributed by atoms with Gasteiger partial charge in [-0.15, -0.1) is 0 Å². The Kier molecular flexibility index (Phi) is 6.69. The number of esters is 1. The largest absolute Gasteiger partial charge is 0.459 e. The van der Waals surface area contributed by atoms with Crippen molar-refractivity contribution in [2.75, 3.05) is 6.61 Å². The zero-order valence-electron chi connectivity index (χ0n) is 17.8. The van der Waals surface area contributed by atoms with Gasteiger partial charge in [0.15, 0.2) is 6.23 Å². The minimum atomic E-state index is -1.69. The standard InChI is InChI=1S/C23H18F2N2O8/c24-14-5-1-12(2-6-14)20(31)27-17(28)9-10-26(23(27)33)21-19(30)18(29)16(35-21)11-34-22(32)13-3-7-15(25)8-4-13/h1-10,16,18-19,21,29-30H,11H2/t16-,18-,19-,21-/m0/s1. The van der Waals surface area contributed by atoms with E-state index in [1.54, 1.807) is 0 Å². The summed E-state index contributed by atoms with van der Waals surface area (Å²) in [6.07, 6.45) is -5.10. The zero-order valence-corrected chi connectivity index (χ0v) is 17.8. The van der Waals surface area contributed by atoms with Crippen LogP contribution in [0.4, 0.5) is 8.78 Å². The second-order valence-electron chi connectivity index (χ2n) is 7.64. The third-order valence-corrected chi connectivity index (χ3v) is 5.37. The first kappa shape index (κ1) is 24.1. The molecule has 4 rings (SSSR count). The number of hydrogen-bond acceptors (Lipinski definition) is 8. The molecule has 1 aromatic heterocycles. The van der Waals surface area contributed by atoms with Crippen molar-refractivity contribution in [2.24, 2.45) is 0 Å². The maximum Gasteiger partial charge on any atom is 0.340 e. The minimum Gasteiger partial charge on any atom is -0.459 e. The average molecular weight is 488 g/mol. The van der Waals surface area contributed by atoms with Crippen LogP contribution < -0.4 is 11.2 Å². The predicted molar refractivity (Wildman–Crippen MR) is 114 cm³/mol. The summed E-state index contributed by atoms with van der Waals surface area (Å²) in [5.74, 6) is -3.05. The van der Waals surface area contributed by atoms with Gasteiger partial charge in [0.25, 0.3) is 11.5 Å². The molecule has 1 aliphatic heterocycles. The van der Waals surface area contributed by atoms with E-state index < -0.39 is 65.9 Å². The molecule has 12 heteroatoms.